The summed E-state index contributed by atoms with van der Waals surface area (Å²) in [7, 11) is 1.64. The van der Waals surface area contributed by atoms with Gasteiger partial charge in [0.15, 0.2) is 6.61 Å². The van der Waals surface area contributed by atoms with Gasteiger partial charge in [-0.3, -0.25) is 4.79 Å². The van der Waals surface area contributed by atoms with Gasteiger partial charge in [0.05, 0.1) is 13.7 Å². The highest BCUT2D eigenvalue weighted by Gasteiger charge is 2.23. The molecule has 2 aromatic carbocycles. The number of benzene rings is 2. The molecule has 1 aromatic heterocycles. The van der Waals surface area contributed by atoms with Crippen LogP contribution in [0.4, 0.5) is 11.5 Å². The normalized spacial score (nSPS) is 13.3. The molecule has 148 valence electrons. The van der Waals surface area contributed by atoms with Crippen molar-refractivity contribution in [1.82, 2.24) is 9.88 Å². The molecule has 1 aliphatic heterocycles. The summed E-state index contributed by atoms with van der Waals surface area (Å²) in [6, 6.07) is 19.4. The van der Waals surface area contributed by atoms with Crippen LogP contribution < -0.4 is 14.8 Å². The number of rotatable bonds is 5. The molecule has 2 heterocycles. The Bertz CT molecular complexity index is 1020. The number of carbonyl (C=O) groups excluding carboxylic acids is 1. The maximum absolute atomic E-state index is 12.6. The number of fused-ring (bicyclic) bond motifs is 1. The van der Waals surface area contributed by atoms with Gasteiger partial charge in [-0.05, 0) is 54.4 Å². The van der Waals surface area contributed by atoms with Crippen LogP contribution in [0.2, 0.25) is 0 Å². The molecule has 0 saturated heterocycles. The van der Waals surface area contributed by atoms with E-state index in [9.17, 15) is 4.79 Å². The van der Waals surface area contributed by atoms with Crippen molar-refractivity contribution in [2.24, 2.45) is 0 Å². The topological polar surface area (TPSA) is 63.7 Å². The summed E-state index contributed by atoms with van der Waals surface area (Å²) >= 11 is 0. The third-order valence-electron chi connectivity index (χ3n) is 4.96. The monoisotopic (exact) mass is 389 g/mol. The molecule has 6 heteroatoms. The highest BCUT2D eigenvalue weighted by Crippen LogP contribution is 2.27. The first-order valence-corrected chi connectivity index (χ1v) is 9.48. The molecule has 29 heavy (non-hydrogen) atoms. The van der Waals surface area contributed by atoms with Gasteiger partial charge in [-0.1, -0.05) is 24.3 Å². The molecule has 1 aliphatic rings. The fourth-order valence-corrected chi connectivity index (χ4v) is 3.26. The molecule has 4 rings (SSSR count). The summed E-state index contributed by atoms with van der Waals surface area (Å²) in [5.74, 6) is 2.09. The minimum absolute atomic E-state index is 0.0197. The van der Waals surface area contributed by atoms with Gasteiger partial charge in [0, 0.05) is 12.2 Å². The lowest BCUT2D eigenvalue weighted by Crippen LogP contribution is -2.32. The van der Waals surface area contributed by atoms with E-state index >= 15 is 0 Å². The number of nitrogens with zero attached hydrogens (tertiary/aromatic N) is 2. The number of aryl methyl sites for hydroxylation is 1. The number of hydrogen-bond donors (Lipinski definition) is 1. The zero-order valence-corrected chi connectivity index (χ0v) is 16.5. The summed E-state index contributed by atoms with van der Waals surface area (Å²) in [5, 5.41) is 3.28. The van der Waals surface area contributed by atoms with Crippen LogP contribution in [0.3, 0.4) is 0 Å². The van der Waals surface area contributed by atoms with E-state index in [1.54, 1.807) is 12.0 Å². The number of anilines is 2. The Morgan fingerprint density at radius 1 is 1.10 bits per heavy atom. The third kappa shape index (κ3) is 4.32. The van der Waals surface area contributed by atoms with E-state index in [4.69, 9.17) is 14.5 Å². The largest absolute Gasteiger partial charge is 0.497 e. The van der Waals surface area contributed by atoms with Crippen molar-refractivity contribution < 1.29 is 14.3 Å². The van der Waals surface area contributed by atoms with E-state index < -0.39 is 0 Å². The van der Waals surface area contributed by atoms with Crippen LogP contribution in [0.25, 0.3) is 0 Å². The molecule has 0 unspecified atom stereocenters. The quantitative estimate of drug-likeness (QED) is 0.713. The lowest BCUT2D eigenvalue weighted by Gasteiger charge is -2.21. The van der Waals surface area contributed by atoms with Gasteiger partial charge in [0.1, 0.15) is 23.0 Å². The third-order valence-corrected chi connectivity index (χ3v) is 4.96. The smallest absolute Gasteiger partial charge is 0.261 e. The maximum atomic E-state index is 12.6. The highest BCUT2D eigenvalue weighted by molar-refractivity contribution is 5.78. The maximum Gasteiger partial charge on any atom is 0.261 e. The molecule has 0 aliphatic carbocycles. The fourth-order valence-electron chi connectivity index (χ4n) is 3.26. The Balaban J connectivity index is 1.55. The van der Waals surface area contributed by atoms with Gasteiger partial charge < -0.3 is 19.7 Å². The first-order chi connectivity index (χ1) is 14.1. The Morgan fingerprint density at radius 2 is 1.90 bits per heavy atom. The highest BCUT2D eigenvalue weighted by atomic mass is 16.5. The zero-order chi connectivity index (χ0) is 20.2. The number of methoxy groups -OCH3 is 1. The molecule has 0 radical (unpaired) electrons. The van der Waals surface area contributed by atoms with Crippen molar-refractivity contribution >= 4 is 17.4 Å². The second kappa shape index (κ2) is 8.22. The van der Waals surface area contributed by atoms with Crippen LogP contribution >= 0.6 is 0 Å². The molecule has 1 amide bonds. The van der Waals surface area contributed by atoms with E-state index in [-0.39, 0.29) is 12.5 Å². The Kier molecular flexibility index (Phi) is 5.33. The molecule has 3 aromatic rings. The van der Waals surface area contributed by atoms with Crippen molar-refractivity contribution in [3.8, 4) is 11.5 Å². The van der Waals surface area contributed by atoms with E-state index in [0.717, 1.165) is 28.3 Å². The predicted octanol–water partition coefficient (Wildman–Crippen LogP) is 4.06. The molecule has 1 N–H and O–H groups in total. The van der Waals surface area contributed by atoms with E-state index in [1.807, 2.05) is 54.6 Å². The first-order valence-electron chi connectivity index (χ1n) is 9.48. The second-order valence-corrected chi connectivity index (χ2v) is 6.96. The predicted molar refractivity (Wildman–Crippen MR) is 111 cm³/mol. The number of hydrogen-bond acceptors (Lipinski definition) is 5. The van der Waals surface area contributed by atoms with Crippen LogP contribution in [0, 0.1) is 6.92 Å². The van der Waals surface area contributed by atoms with Crippen LogP contribution in [0.15, 0.2) is 60.7 Å². The number of pyridine rings is 1. The zero-order valence-electron chi connectivity index (χ0n) is 16.5. The lowest BCUT2D eigenvalue weighted by atomic mass is 10.1. The minimum atomic E-state index is -0.0454. The number of amides is 1. The second-order valence-electron chi connectivity index (χ2n) is 6.96. The van der Waals surface area contributed by atoms with E-state index in [1.165, 1.54) is 0 Å². The fraction of sp³-hybridized carbons (Fsp3) is 0.217. The molecular weight excluding hydrogens is 366 g/mol. The molecule has 0 atom stereocenters. The van der Waals surface area contributed by atoms with Gasteiger partial charge in [0.25, 0.3) is 5.91 Å². The number of carbonyl (C=O) groups is 1. The van der Waals surface area contributed by atoms with Gasteiger partial charge in [0.2, 0.25) is 0 Å². The van der Waals surface area contributed by atoms with Crippen LogP contribution in [-0.2, 0) is 17.9 Å². The van der Waals surface area contributed by atoms with Crippen molar-refractivity contribution in [3.05, 3.63) is 77.5 Å². The van der Waals surface area contributed by atoms with Gasteiger partial charge >= 0.3 is 0 Å². The molecule has 0 spiro atoms. The Morgan fingerprint density at radius 3 is 2.66 bits per heavy atom. The molecule has 6 nitrogen and oxygen atoms in total. The first kappa shape index (κ1) is 18.8. The molecule has 0 saturated carbocycles. The molecule has 0 bridgehead atoms. The average molecular weight is 389 g/mol. The average Bonchev–Trinajstić information content (AvgIpc) is 2.89. The standard InChI is InChI=1S/C23H23N3O3/c1-16-5-3-4-6-17(16)13-26-14-20-21(29-15-23(26)27)11-12-22(25-20)24-18-7-9-19(28-2)10-8-18/h3-12H,13-15H2,1-2H3,(H,24,25). The summed E-state index contributed by atoms with van der Waals surface area (Å²) in [6.07, 6.45) is 0. The Hall–Kier alpha value is -3.54. The van der Waals surface area contributed by atoms with E-state index in [2.05, 4.69) is 18.3 Å². The van der Waals surface area contributed by atoms with Crippen LogP contribution in [0.1, 0.15) is 16.8 Å². The van der Waals surface area contributed by atoms with Crippen molar-refractivity contribution in [2.45, 2.75) is 20.0 Å². The minimum Gasteiger partial charge on any atom is -0.497 e. The Labute approximate surface area is 170 Å². The molecule has 0 fully saturated rings. The SMILES string of the molecule is COc1ccc(Nc2ccc3c(n2)CN(Cc2ccccc2C)C(=O)CO3)cc1. The van der Waals surface area contributed by atoms with Crippen molar-refractivity contribution in [3.63, 3.8) is 0 Å². The number of ether oxygens (including phenoxy) is 2. The number of nitrogens with one attached hydrogen (secondary N) is 1. The lowest BCUT2D eigenvalue weighted by molar-refractivity contribution is -0.133. The van der Waals surface area contributed by atoms with Crippen molar-refractivity contribution in [2.75, 3.05) is 19.0 Å². The van der Waals surface area contributed by atoms with E-state index in [0.29, 0.717) is 24.7 Å². The summed E-state index contributed by atoms with van der Waals surface area (Å²) in [4.78, 5) is 19.1. The van der Waals surface area contributed by atoms with Crippen LogP contribution in [-0.4, -0.2) is 29.5 Å². The van der Waals surface area contributed by atoms with Gasteiger partial charge in [-0.25, -0.2) is 4.98 Å². The van der Waals surface area contributed by atoms with Crippen LogP contribution in [0.5, 0.6) is 11.5 Å². The van der Waals surface area contributed by atoms with Gasteiger partial charge in [-0.15, -0.1) is 0 Å². The molecular formula is C23H23N3O3. The summed E-state index contributed by atoms with van der Waals surface area (Å²) < 4.78 is 10.9. The number of aromatic nitrogens is 1. The summed E-state index contributed by atoms with van der Waals surface area (Å²) in [5.41, 5.74) is 3.92. The summed E-state index contributed by atoms with van der Waals surface area (Å²) in [6.45, 7) is 3.01. The van der Waals surface area contributed by atoms with Gasteiger partial charge in [-0.2, -0.15) is 0 Å². The van der Waals surface area contributed by atoms with Crippen molar-refractivity contribution in [1.29, 1.82) is 0 Å².